The first-order valence-corrected chi connectivity index (χ1v) is 6.79. The fourth-order valence-electron chi connectivity index (χ4n) is 2.99. The molecule has 0 radical (unpaired) electrons. The molecular formula is C15H22Cl2O. The smallest absolute Gasteiger partial charge is 0.0818 e. The highest BCUT2D eigenvalue weighted by Gasteiger charge is 2.32. The number of hydrogen-bond acceptors (Lipinski definition) is 1. The van der Waals surface area contributed by atoms with Gasteiger partial charge in [0.15, 0.2) is 0 Å². The van der Waals surface area contributed by atoms with Gasteiger partial charge in [0, 0.05) is 5.02 Å². The van der Waals surface area contributed by atoms with E-state index in [-0.39, 0.29) is 18.5 Å². The van der Waals surface area contributed by atoms with Gasteiger partial charge < -0.3 is 5.11 Å². The van der Waals surface area contributed by atoms with Gasteiger partial charge in [-0.05, 0) is 48.3 Å². The molecule has 102 valence electrons. The monoisotopic (exact) mass is 288 g/mol. The van der Waals surface area contributed by atoms with Crippen molar-refractivity contribution in [1.29, 1.82) is 0 Å². The van der Waals surface area contributed by atoms with Crippen molar-refractivity contribution < 1.29 is 5.11 Å². The number of aliphatic hydroxyl groups excluding tert-OH is 1. The lowest BCUT2D eigenvalue weighted by Gasteiger charge is -2.37. The van der Waals surface area contributed by atoms with E-state index in [0.717, 1.165) is 18.4 Å². The fraction of sp³-hybridized carbons (Fsp3) is 0.600. The molecule has 3 heteroatoms. The van der Waals surface area contributed by atoms with Crippen molar-refractivity contribution in [2.45, 2.75) is 45.6 Å². The Balaban J connectivity index is 0.00000162. The Morgan fingerprint density at radius 3 is 2.72 bits per heavy atom. The Morgan fingerprint density at radius 2 is 2.11 bits per heavy atom. The van der Waals surface area contributed by atoms with Crippen molar-refractivity contribution in [3.63, 3.8) is 0 Å². The SMILES string of the molecule is CC1(C)CCC[C@H]([C@H](O)c2cccc(Cl)c2)C1.Cl. The zero-order chi connectivity index (χ0) is 12.5. The van der Waals surface area contributed by atoms with Crippen molar-refractivity contribution >= 4 is 24.0 Å². The van der Waals surface area contributed by atoms with Crippen molar-refractivity contribution in [2.75, 3.05) is 0 Å². The molecule has 0 unspecified atom stereocenters. The van der Waals surface area contributed by atoms with Crippen LogP contribution in [0.25, 0.3) is 0 Å². The predicted molar refractivity (Wildman–Crippen MR) is 79.4 cm³/mol. The molecule has 2 rings (SSSR count). The third kappa shape index (κ3) is 3.88. The molecule has 0 spiro atoms. The van der Waals surface area contributed by atoms with Crippen LogP contribution in [0.15, 0.2) is 24.3 Å². The molecule has 1 aliphatic rings. The quantitative estimate of drug-likeness (QED) is 0.811. The molecule has 1 N–H and O–H groups in total. The normalized spacial score (nSPS) is 24.1. The highest BCUT2D eigenvalue weighted by atomic mass is 35.5. The van der Waals surface area contributed by atoms with Gasteiger partial charge in [0.2, 0.25) is 0 Å². The van der Waals surface area contributed by atoms with E-state index in [1.165, 1.54) is 12.8 Å². The van der Waals surface area contributed by atoms with Crippen molar-refractivity contribution in [3.8, 4) is 0 Å². The van der Waals surface area contributed by atoms with E-state index in [2.05, 4.69) is 13.8 Å². The van der Waals surface area contributed by atoms with Crippen LogP contribution < -0.4 is 0 Å². The first kappa shape index (κ1) is 15.8. The highest BCUT2D eigenvalue weighted by Crippen LogP contribution is 2.43. The van der Waals surface area contributed by atoms with Crippen molar-refractivity contribution in [3.05, 3.63) is 34.9 Å². The molecular weight excluding hydrogens is 267 g/mol. The van der Waals surface area contributed by atoms with Crippen LogP contribution in [-0.2, 0) is 0 Å². The first-order valence-electron chi connectivity index (χ1n) is 6.41. The zero-order valence-corrected chi connectivity index (χ0v) is 12.6. The summed E-state index contributed by atoms with van der Waals surface area (Å²) in [7, 11) is 0. The Hall–Kier alpha value is -0.240. The zero-order valence-electron chi connectivity index (χ0n) is 11.0. The van der Waals surface area contributed by atoms with Crippen LogP contribution in [0.5, 0.6) is 0 Å². The van der Waals surface area contributed by atoms with Crippen LogP contribution in [0.3, 0.4) is 0 Å². The number of aliphatic hydroxyl groups is 1. The maximum Gasteiger partial charge on any atom is 0.0818 e. The Morgan fingerprint density at radius 1 is 1.39 bits per heavy atom. The molecule has 0 heterocycles. The van der Waals surface area contributed by atoms with Crippen LogP contribution in [0, 0.1) is 11.3 Å². The lowest BCUT2D eigenvalue weighted by atomic mass is 9.70. The topological polar surface area (TPSA) is 20.2 Å². The molecule has 1 nitrogen and oxygen atoms in total. The summed E-state index contributed by atoms with van der Waals surface area (Å²) in [5.41, 5.74) is 1.32. The van der Waals surface area contributed by atoms with Gasteiger partial charge in [-0.15, -0.1) is 12.4 Å². The number of rotatable bonds is 2. The molecule has 0 amide bonds. The van der Waals surface area contributed by atoms with E-state index >= 15 is 0 Å². The van der Waals surface area contributed by atoms with E-state index < -0.39 is 0 Å². The summed E-state index contributed by atoms with van der Waals surface area (Å²) in [5, 5.41) is 11.1. The van der Waals surface area contributed by atoms with Crippen LogP contribution in [0.1, 0.15) is 51.2 Å². The average Bonchev–Trinajstić information content (AvgIpc) is 2.26. The molecule has 1 fully saturated rings. The van der Waals surface area contributed by atoms with Gasteiger partial charge in [-0.1, -0.05) is 44.0 Å². The number of benzene rings is 1. The molecule has 0 saturated heterocycles. The van der Waals surface area contributed by atoms with Crippen molar-refractivity contribution in [2.24, 2.45) is 11.3 Å². The largest absolute Gasteiger partial charge is 0.388 e. The summed E-state index contributed by atoms with van der Waals surface area (Å²) < 4.78 is 0. The van der Waals surface area contributed by atoms with Gasteiger partial charge in [0.1, 0.15) is 0 Å². The number of hydrogen-bond donors (Lipinski definition) is 1. The molecule has 1 saturated carbocycles. The fourth-order valence-corrected chi connectivity index (χ4v) is 3.19. The maximum absolute atomic E-state index is 10.4. The summed E-state index contributed by atoms with van der Waals surface area (Å²) in [6.07, 6.45) is 4.34. The van der Waals surface area contributed by atoms with Crippen LogP contribution >= 0.6 is 24.0 Å². The summed E-state index contributed by atoms with van der Waals surface area (Å²) >= 11 is 5.97. The third-order valence-electron chi connectivity index (χ3n) is 3.88. The molecule has 1 aromatic carbocycles. The van der Waals surface area contributed by atoms with Crippen LogP contribution in [0.4, 0.5) is 0 Å². The lowest BCUT2D eigenvalue weighted by molar-refractivity contribution is 0.0460. The van der Waals surface area contributed by atoms with E-state index in [1.54, 1.807) is 0 Å². The summed E-state index contributed by atoms with van der Waals surface area (Å²) in [5.74, 6) is 0.372. The summed E-state index contributed by atoms with van der Waals surface area (Å²) in [6, 6.07) is 7.61. The standard InChI is InChI=1S/C15H21ClO.ClH/c1-15(2)8-4-6-12(10-15)14(17)11-5-3-7-13(16)9-11;/h3,5,7,9,12,14,17H,4,6,8,10H2,1-2H3;1H/t12-,14+;/m0./s1. The van der Waals surface area contributed by atoms with E-state index in [1.807, 2.05) is 24.3 Å². The minimum atomic E-state index is -0.367. The molecule has 18 heavy (non-hydrogen) atoms. The molecule has 1 aliphatic carbocycles. The number of halogens is 2. The van der Waals surface area contributed by atoms with Gasteiger partial charge in [0.05, 0.1) is 6.10 Å². The molecule has 0 aliphatic heterocycles. The second-order valence-electron chi connectivity index (χ2n) is 6.02. The van der Waals surface area contributed by atoms with Gasteiger partial charge in [0.25, 0.3) is 0 Å². The first-order chi connectivity index (χ1) is 7.98. The van der Waals surface area contributed by atoms with Gasteiger partial charge >= 0.3 is 0 Å². The second kappa shape index (κ2) is 6.27. The Labute approximate surface area is 121 Å². The average molecular weight is 289 g/mol. The Bertz CT molecular complexity index is 390. The minimum Gasteiger partial charge on any atom is -0.388 e. The predicted octanol–water partition coefficient (Wildman–Crippen LogP) is 5.01. The summed E-state index contributed by atoms with van der Waals surface area (Å²) in [4.78, 5) is 0. The van der Waals surface area contributed by atoms with Gasteiger partial charge in [-0.2, -0.15) is 0 Å². The van der Waals surface area contributed by atoms with E-state index in [0.29, 0.717) is 16.4 Å². The van der Waals surface area contributed by atoms with Gasteiger partial charge in [-0.3, -0.25) is 0 Å². The Kier molecular flexibility index (Phi) is 5.51. The molecule has 1 aromatic rings. The van der Waals surface area contributed by atoms with Crippen molar-refractivity contribution in [1.82, 2.24) is 0 Å². The molecule has 0 bridgehead atoms. The maximum atomic E-state index is 10.4. The van der Waals surface area contributed by atoms with Gasteiger partial charge in [-0.25, -0.2) is 0 Å². The molecule has 0 aromatic heterocycles. The summed E-state index contributed by atoms with van der Waals surface area (Å²) in [6.45, 7) is 4.59. The van der Waals surface area contributed by atoms with E-state index in [9.17, 15) is 5.11 Å². The lowest BCUT2D eigenvalue weighted by Crippen LogP contribution is -2.26. The van der Waals surface area contributed by atoms with Crippen LogP contribution in [-0.4, -0.2) is 5.11 Å². The highest BCUT2D eigenvalue weighted by molar-refractivity contribution is 6.30. The third-order valence-corrected chi connectivity index (χ3v) is 4.12. The van der Waals surface area contributed by atoms with E-state index in [4.69, 9.17) is 11.6 Å². The molecule has 2 atom stereocenters. The second-order valence-corrected chi connectivity index (χ2v) is 6.46. The minimum absolute atomic E-state index is 0. The van der Waals surface area contributed by atoms with Crippen LogP contribution in [0.2, 0.25) is 5.02 Å².